The van der Waals surface area contributed by atoms with Gasteiger partial charge in [-0.25, -0.2) is 9.50 Å². The fraction of sp³-hybridized carbons (Fsp3) is 0.250. The highest BCUT2D eigenvalue weighted by atomic mass is 16.5. The molecule has 0 radical (unpaired) electrons. The number of ether oxygens (including phenoxy) is 1. The minimum atomic E-state index is -0.534. The van der Waals surface area contributed by atoms with Crippen LogP contribution in [-0.4, -0.2) is 32.5 Å². The number of rotatable bonds is 4. The fourth-order valence-electron chi connectivity index (χ4n) is 4.09. The van der Waals surface area contributed by atoms with Crippen molar-refractivity contribution in [3.05, 3.63) is 59.4 Å². The van der Waals surface area contributed by atoms with E-state index in [0.29, 0.717) is 30.0 Å². The van der Waals surface area contributed by atoms with Crippen LogP contribution in [0, 0.1) is 13.8 Å². The molecular formula is C24H23N5O3. The van der Waals surface area contributed by atoms with Crippen LogP contribution in [-0.2, 0) is 16.0 Å². The maximum atomic E-state index is 12.6. The van der Waals surface area contributed by atoms with Crippen molar-refractivity contribution in [1.29, 1.82) is 0 Å². The minimum Gasteiger partial charge on any atom is -0.479 e. The predicted molar refractivity (Wildman–Crippen MR) is 122 cm³/mol. The van der Waals surface area contributed by atoms with E-state index in [2.05, 4.69) is 15.7 Å². The number of carbonyl (C=O) groups is 2. The van der Waals surface area contributed by atoms with Crippen molar-refractivity contribution in [3.63, 3.8) is 0 Å². The quantitative estimate of drug-likeness (QED) is 0.514. The van der Waals surface area contributed by atoms with Crippen LogP contribution in [0.5, 0.6) is 5.75 Å². The van der Waals surface area contributed by atoms with Gasteiger partial charge in [-0.3, -0.25) is 9.59 Å². The minimum absolute atomic E-state index is 0.120. The average molecular weight is 429 g/mol. The number of fused-ring (bicyclic) bond motifs is 4. The molecule has 3 heterocycles. The van der Waals surface area contributed by atoms with E-state index in [4.69, 9.17) is 9.72 Å². The molecule has 2 aromatic carbocycles. The van der Waals surface area contributed by atoms with Crippen LogP contribution in [0.4, 0.5) is 11.4 Å². The Morgan fingerprint density at radius 2 is 2.03 bits per heavy atom. The summed E-state index contributed by atoms with van der Waals surface area (Å²) >= 11 is 0. The number of benzene rings is 2. The van der Waals surface area contributed by atoms with Crippen LogP contribution < -0.4 is 15.4 Å². The highest BCUT2D eigenvalue weighted by molar-refractivity contribution is 5.99. The Morgan fingerprint density at radius 1 is 1.22 bits per heavy atom. The van der Waals surface area contributed by atoms with Gasteiger partial charge in [0.25, 0.3) is 5.91 Å². The third kappa shape index (κ3) is 3.43. The maximum absolute atomic E-state index is 12.6. The maximum Gasteiger partial charge on any atom is 0.265 e. The monoisotopic (exact) mass is 429 g/mol. The Morgan fingerprint density at radius 3 is 2.88 bits per heavy atom. The van der Waals surface area contributed by atoms with Gasteiger partial charge in [0.15, 0.2) is 11.8 Å². The van der Waals surface area contributed by atoms with Crippen molar-refractivity contribution in [2.24, 2.45) is 0 Å². The summed E-state index contributed by atoms with van der Waals surface area (Å²) < 4.78 is 7.41. The number of anilines is 2. The molecule has 8 nitrogen and oxygen atoms in total. The first kappa shape index (κ1) is 20.0. The van der Waals surface area contributed by atoms with Crippen molar-refractivity contribution in [2.45, 2.75) is 39.7 Å². The second-order valence-electron chi connectivity index (χ2n) is 8.02. The van der Waals surface area contributed by atoms with Gasteiger partial charge in [-0.2, -0.15) is 5.10 Å². The van der Waals surface area contributed by atoms with Gasteiger partial charge in [0, 0.05) is 28.9 Å². The summed E-state index contributed by atoms with van der Waals surface area (Å²) in [4.78, 5) is 29.2. The Hall–Kier alpha value is -3.94. The number of nitrogens with zero attached hydrogens (tertiary/aromatic N) is 3. The SMILES string of the molecule is Cc1nc2c3ccccc3nn2c(C)c1CCC(=O)Nc1ccc2c(c1)NC(=O)[C@@H](C)O2. The molecule has 5 rings (SSSR count). The van der Waals surface area contributed by atoms with E-state index in [1.807, 2.05) is 42.6 Å². The molecule has 1 atom stereocenters. The van der Waals surface area contributed by atoms with Crippen molar-refractivity contribution < 1.29 is 14.3 Å². The molecule has 2 N–H and O–H groups in total. The van der Waals surface area contributed by atoms with Gasteiger partial charge in [-0.15, -0.1) is 0 Å². The molecule has 2 aromatic heterocycles. The molecule has 32 heavy (non-hydrogen) atoms. The number of aromatic nitrogens is 3. The first-order chi connectivity index (χ1) is 15.4. The second kappa shape index (κ2) is 7.64. The normalized spacial score (nSPS) is 15.3. The molecule has 0 saturated heterocycles. The van der Waals surface area contributed by atoms with Crippen molar-refractivity contribution >= 4 is 39.7 Å². The van der Waals surface area contributed by atoms with E-state index in [0.717, 1.165) is 33.5 Å². The largest absolute Gasteiger partial charge is 0.479 e. The van der Waals surface area contributed by atoms with Crippen LogP contribution in [0.1, 0.15) is 30.3 Å². The summed E-state index contributed by atoms with van der Waals surface area (Å²) in [6, 6.07) is 13.1. The molecule has 0 unspecified atom stereocenters. The lowest BCUT2D eigenvalue weighted by Gasteiger charge is -2.23. The zero-order valence-corrected chi connectivity index (χ0v) is 18.1. The first-order valence-electron chi connectivity index (χ1n) is 10.6. The first-order valence-corrected chi connectivity index (χ1v) is 10.6. The van der Waals surface area contributed by atoms with Crippen LogP contribution in [0.15, 0.2) is 42.5 Å². The predicted octanol–water partition coefficient (Wildman–Crippen LogP) is 3.79. The Labute approximate surface area is 184 Å². The number of hydrogen-bond acceptors (Lipinski definition) is 5. The van der Waals surface area contributed by atoms with Crippen LogP contribution >= 0.6 is 0 Å². The smallest absolute Gasteiger partial charge is 0.265 e. The van der Waals surface area contributed by atoms with Crippen LogP contribution in [0.25, 0.3) is 16.6 Å². The number of hydrogen-bond donors (Lipinski definition) is 2. The summed E-state index contributed by atoms with van der Waals surface area (Å²) in [6.07, 6.45) is 0.310. The third-order valence-corrected chi connectivity index (χ3v) is 5.81. The highest BCUT2D eigenvalue weighted by Gasteiger charge is 2.23. The molecule has 0 saturated carbocycles. The van der Waals surface area contributed by atoms with Gasteiger partial charge in [0.1, 0.15) is 5.75 Å². The summed E-state index contributed by atoms with van der Waals surface area (Å²) in [5.41, 5.74) is 5.79. The summed E-state index contributed by atoms with van der Waals surface area (Å²) in [5.74, 6) is 0.263. The average Bonchev–Trinajstić information content (AvgIpc) is 3.13. The topological polar surface area (TPSA) is 97.6 Å². The number of aryl methyl sites for hydroxylation is 2. The molecule has 8 heteroatoms. The van der Waals surface area contributed by atoms with E-state index in [1.54, 1.807) is 25.1 Å². The molecule has 4 aromatic rings. The lowest BCUT2D eigenvalue weighted by Crippen LogP contribution is -2.34. The number of nitrogens with one attached hydrogen (secondary N) is 2. The number of carbonyl (C=O) groups excluding carboxylic acids is 2. The lowest BCUT2D eigenvalue weighted by molar-refractivity contribution is -0.122. The molecule has 0 bridgehead atoms. The molecule has 1 aliphatic rings. The van der Waals surface area contributed by atoms with Gasteiger partial charge in [-0.05, 0) is 63.1 Å². The summed E-state index contributed by atoms with van der Waals surface area (Å²) in [6.45, 7) is 5.67. The van der Waals surface area contributed by atoms with Gasteiger partial charge in [0.05, 0.1) is 11.2 Å². The summed E-state index contributed by atoms with van der Waals surface area (Å²) in [5, 5.41) is 11.4. The van der Waals surface area contributed by atoms with E-state index in [1.165, 1.54) is 0 Å². The molecule has 1 aliphatic heterocycles. The molecule has 0 aliphatic carbocycles. The van der Waals surface area contributed by atoms with E-state index < -0.39 is 6.10 Å². The van der Waals surface area contributed by atoms with Crippen molar-refractivity contribution in [2.75, 3.05) is 10.6 Å². The second-order valence-corrected chi connectivity index (χ2v) is 8.02. The molecule has 2 amide bonds. The number of amides is 2. The standard InChI is InChI=1S/C24H23N5O3/c1-13-17(14(2)29-23(25-13)18-6-4-5-7-19(18)28-29)9-11-22(30)26-16-8-10-21-20(12-16)27-24(31)15(3)32-21/h4-8,10,12,15H,9,11H2,1-3H3,(H,26,30)(H,27,31)/t15-/m1/s1. The fourth-order valence-corrected chi connectivity index (χ4v) is 4.09. The molecular weight excluding hydrogens is 406 g/mol. The van der Waals surface area contributed by atoms with E-state index in [9.17, 15) is 9.59 Å². The van der Waals surface area contributed by atoms with Crippen LogP contribution in [0.2, 0.25) is 0 Å². The Kier molecular flexibility index (Phi) is 4.77. The third-order valence-electron chi connectivity index (χ3n) is 5.81. The molecule has 0 fully saturated rings. The van der Waals surface area contributed by atoms with Gasteiger partial charge in [0.2, 0.25) is 5.91 Å². The molecule has 0 spiro atoms. The Balaban J connectivity index is 1.33. The Bertz CT molecular complexity index is 1390. The molecule has 162 valence electrons. The van der Waals surface area contributed by atoms with E-state index >= 15 is 0 Å². The van der Waals surface area contributed by atoms with Crippen molar-refractivity contribution in [1.82, 2.24) is 14.6 Å². The van der Waals surface area contributed by atoms with Gasteiger partial charge >= 0.3 is 0 Å². The zero-order chi connectivity index (χ0) is 22.4. The van der Waals surface area contributed by atoms with Crippen molar-refractivity contribution in [3.8, 4) is 5.75 Å². The highest BCUT2D eigenvalue weighted by Crippen LogP contribution is 2.32. The lowest BCUT2D eigenvalue weighted by atomic mass is 10.1. The van der Waals surface area contributed by atoms with Gasteiger partial charge < -0.3 is 15.4 Å². The van der Waals surface area contributed by atoms with Crippen LogP contribution in [0.3, 0.4) is 0 Å². The van der Waals surface area contributed by atoms with E-state index in [-0.39, 0.29) is 11.8 Å². The summed E-state index contributed by atoms with van der Waals surface area (Å²) in [7, 11) is 0. The zero-order valence-electron chi connectivity index (χ0n) is 18.1. The van der Waals surface area contributed by atoms with Gasteiger partial charge in [-0.1, -0.05) is 12.1 Å².